The van der Waals surface area contributed by atoms with Crippen molar-refractivity contribution < 1.29 is 22.9 Å². The highest BCUT2D eigenvalue weighted by molar-refractivity contribution is 9.10. The molecule has 10 heteroatoms. The van der Waals surface area contributed by atoms with Crippen molar-refractivity contribution in [3.63, 3.8) is 0 Å². The van der Waals surface area contributed by atoms with Crippen LogP contribution in [0.15, 0.2) is 22.7 Å². The second kappa shape index (κ2) is 5.37. The maximum atomic E-state index is 12.6. The van der Waals surface area contributed by atoms with Gasteiger partial charge in [0.15, 0.2) is 5.54 Å². The quantitative estimate of drug-likeness (QED) is 0.642. The number of benzene rings is 1. The van der Waals surface area contributed by atoms with Gasteiger partial charge in [0.25, 0.3) is 11.6 Å². The topological polar surface area (TPSA) is 98.3 Å². The molecule has 0 aliphatic carbocycles. The molecule has 3 N–H and O–H groups in total. The van der Waals surface area contributed by atoms with Gasteiger partial charge in [0.05, 0.1) is 10.6 Å². The molecule has 1 aromatic carbocycles. The highest BCUT2D eigenvalue weighted by atomic mass is 79.9. The van der Waals surface area contributed by atoms with Crippen LogP contribution in [-0.4, -0.2) is 22.5 Å². The van der Waals surface area contributed by atoms with E-state index in [1.165, 1.54) is 0 Å². The summed E-state index contributed by atoms with van der Waals surface area (Å²) < 4.78 is 37.8. The molecule has 0 fully saturated rings. The van der Waals surface area contributed by atoms with Crippen LogP contribution in [0.3, 0.4) is 0 Å². The maximum Gasteiger partial charge on any atom is 0.415 e. The molecule has 0 bridgehead atoms. The Morgan fingerprint density at radius 1 is 1.45 bits per heavy atom. The van der Waals surface area contributed by atoms with E-state index >= 15 is 0 Å². The largest absolute Gasteiger partial charge is 0.415 e. The number of halogens is 4. The van der Waals surface area contributed by atoms with Crippen molar-refractivity contribution in [2.45, 2.75) is 18.6 Å². The predicted octanol–water partition coefficient (Wildman–Crippen LogP) is 2.58. The smallest absolute Gasteiger partial charge is 0.323 e. The van der Waals surface area contributed by atoms with Crippen LogP contribution in [0.2, 0.25) is 0 Å². The fraction of sp³-hybridized carbons (Fsp3) is 0.300. The minimum absolute atomic E-state index is 0.0541. The van der Waals surface area contributed by atoms with Gasteiger partial charge in [-0.1, -0.05) is 0 Å². The number of nitro benzene ring substituents is 1. The van der Waals surface area contributed by atoms with Crippen molar-refractivity contribution in [1.29, 1.82) is 0 Å². The van der Waals surface area contributed by atoms with Crippen LogP contribution < -0.4 is 11.1 Å². The Bertz CT molecular complexity index is 560. The summed E-state index contributed by atoms with van der Waals surface area (Å²) in [6.07, 6.45) is -4.93. The van der Waals surface area contributed by atoms with Crippen molar-refractivity contribution in [2.75, 3.05) is 5.32 Å². The monoisotopic (exact) mass is 355 g/mol. The van der Waals surface area contributed by atoms with E-state index in [4.69, 9.17) is 5.73 Å². The number of hydrogen-bond acceptors (Lipinski definition) is 4. The summed E-state index contributed by atoms with van der Waals surface area (Å²) in [5.41, 5.74) is 1.55. The molecule has 20 heavy (non-hydrogen) atoms. The molecule has 6 nitrogen and oxygen atoms in total. The molecule has 1 amide bonds. The van der Waals surface area contributed by atoms with Gasteiger partial charge in [0, 0.05) is 16.6 Å². The number of nitrogens with one attached hydrogen (secondary N) is 1. The summed E-state index contributed by atoms with van der Waals surface area (Å²) in [6, 6.07) is 3.20. The summed E-state index contributed by atoms with van der Waals surface area (Å²) in [7, 11) is 0. The number of nitrogens with two attached hydrogens (primary N) is 1. The minimum Gasteiger partial charge on any atom is -0.323 e. The second-order valence-electron chi connectivity index (χ2n) is 4.08. The first-order chi connectivity index (χ1) is 8.96. The number of amides is 1. The number of carbonyl (C=O) groups excluding carboxylic acids is 1. The fourth-order valence-corrected chi connectivity index (χ4v) is 1.57. The molecular weight excluding hydrogens is 347 g/mol. The molecule has 0 spiro atoms. The number of nitro groups is 1. The predicted molar refractivity (Wildman–Crippen MR) is 68.1 cm³/mol. The molecule has 0 aliphatic heterocycles. The van der Waals surface area contributed by atoms with Crippen molar-refractivity contribution in [2.24, 2.45) is 5.73 Å². The average Bonchev–Trinajstić information content (AvgIpc) is 2.29. The average molecular weight is 356 g/mol. The van der Waals surface area contributed by atoms with Crippen LogP contribution in [0.5, 0.6) is 0 Å². The zero-order valence-electron chi connectivity index (χ0n) is 9.99. The van der Waals surface area contributed by atoms with Gasteiger partial charge in [-0.2, -0.15) is 13.2 Å². The molecule has 1 rings (SSSR count). The van der Waals surface area contributed by atoms with Gasteiger partial charge in [-0.3, -0.25) is 14.9 Å². The number of anilines is 1. The van der Waals surface area contributed by atoms with Gasteiger partial charge in [0.2, 0.25) is 0 Å². The Labute approximate surface area is 119 Å². The van der Waals surface area contributed by atoms with Gasteiger partial charge < -0.3 is 11.1 Å². The molecule has 0 aliphatic rings. The zero-order valence-corrected chi connectivity index (χ0v) is 11.6. The van der Waals surface area contributed by atoms with Crippen molar-refractivity contribution >= 4 is 33.2 Å². The van der Waals surface area contributed by atoms with Crippen LogP contribution in [0, 0.1) is 10.1 Å². The van der Waals surface area contributed by atoms with E-state index in [1.807, 2.05) is 5.32 Å². The first-order valence-corrected chi connectivity index (χ1v) is 5.87. The lowest BCUT2D eigenvalue weighted by molar-refractivity contribution is -0.384. The molecule has 1 unspecified atom stereocenters. The number of nitrogens with zero attached hydrogens (tertiary/aromatic N) is 1. The number of alkyl halides is 3. The Hall–Kier alpha value is -1.68. The van der Waals surface area contributed by atoms with Crippen molar-refractivity contribution in [3.05, 3.63) is 32.8 Å². The van der Waals surface area contributed by atoms with E-state index < -0.39 is 22.5 Å². The molecule has 0 saturated heterocycles. The highest BCUT2D eigenvalue weighted by Crippen LogP contribution is 2.31. The Balaban J connectivity index is 3.00. The summed E-state index contributed by atoms with van der Waals surface area (Å²) in [5, 5.41) is 12.5. The van der Waals surface area contributed by atoms with Gasteiger partial charge in [0.1, 0.15) is 0 Å². The molecule has 0 aromatic heterocycles. The zero-order chi connectivity index (χ0) is 15.7. The van der Waals surface area contributed by atoms with Crippen molar-refractivity contribution in [3.8, 4) is 0 Å². The maximum absolute atomic E-state index is 12.6. The van der Waals surface area contributed by atoms with E-state index in [0.29, 0.717) is 6.92 Å². The van der Waals surface area contributed by atoms with E-state index in [2.05, 4.69) is 15.9 Å². The van der Waals surface area contributed by atoms with Gasteiger partial charge in [-0.25, -0.2) is 0 Å². The summed E-state index contributed by atoms with van der Waals surface area (Å²) in [6.45, 7) is 0.529. The standard InChI is InChI=1S/C10H9BrF3N3O3/c1-9(15,10(12,13)14)8(18)16-7-3-2-5(17(19)20)4-6(7)11/h2-4H,15H2,1H3,(H,16,18). The molecule has 0 saturated carbocycles. The molecular formula is C10H9BrF3N3O3. The third-order valence-corrected chi connectivity index (χ3v) is 3.13. The Morgan fingerprint density at radius 3 is 2.40 bits per heavy atom. The van der Waals surface area contributed by atoms with Gasteiger partial charge >= 0.3 is 6.18 Å². The molecule has 1 atom stereocenters. The lowest BCUT2D eigenvalue weighted by atomic mass is 10.0. The fourth-order valence-electron chi connectivity index (χ4n) is 1.10. The molecule has 110 valence electrons. The number of rotatable bonds is 3. The van der Waals surface area contributed by atoms with E-state index in [1.54, 1.807) is 0 Å². The first-order valence-electron chi connectivity index (χ1n) is 5.08. The SMILES string of the molecule is CC(N)(C(=O)Nc1ccc([N+](=O)[O-])cc1Br)C(F)(F)F. The lowest BCUT2D eigenvalue weighted by Crippen LogP contribution is -2.59. The third-order valence-electron chi connectivity index (χ3n) is 2.47. The van der Waals surface area contributed by atoms with Crippen LogP contribution in [-0.2, 0) is 4.79 Å². The first kappa shape index (κ1) is 16.4. The Morgan fingerprint density at radius 2 is 2.00 bits per heavy atom. The van der Waals surface area contributed by atoms with Gasteiger partial charge in [-0.15, -0.1) is 0 Å². The van der Waals surface area contributed by atoms with E-state index in [9.17, 15) is 28.1 Å². The molecule has 0 radical (unpaired) electrons. The van der Waals surface area contributed by atoms with E-state index in [-0.39, 0.29) is 15.8 Å². The van der Waals surface area contributed by atoms with Crippen LogP contribution in [0.1, 0.15) is 6.92 Å². The molecule has 0 heterocycles. The van der Waals surface area contributed by atoms with Crippen molar-refractivity contribution in [1.82, 2.24) is 0 Å². The normalized spacial score (nSPS) is 14.5. The Kier molecular flexibility index (Phi) is 4.39. The van der Waals surface area contributed by atoms with Gasteiger partial charge in [-0.05, 0) is 28.9 Å². The third kappa shape index (κ3) is 3.25. The second-order valence-corrected chi connectivity index (χ2v) is 4.93. The summed E-state index contributed by atoms with van der Waals surface area (Å²) >= 11 is 2.92. The highest BCUT2D eigenvalue weighted by Gasteiger charge is 2.54. The van der Waals surface area contributed by atoms with E-state index in [0.717, 1.165) is 18.2 Å². The number of non-ortho nitro benzene ring substituents is 1. The number of hydrogen-bond donors (Lipinski definition) is 2. The summed E-state index contributed by atoms with van der Waals surface area (Å²) in [4.78, 5) is 21.4. The lowest BCUT2D eigenvalue weighted by Gasteiger charge is -2.26. The van der Waals surface area contributed by atoms with Crippen LogP contribution in [0.4, 0.5) is 24.5 Å². The van der Waals surface area contributed by atoms with Crippen LogP contribution in [0.25, 0.3) is 0 Å². The summed E-state index contributed by atoms with van der Waals surface area (Å²) in [5.74, 6) is -1.47. The molecule has 1 aromatic rings. The van der Waals surface area contributed by atoms with Crippen LogP contribution >= 0.6 is 15.9 Å². The minimum atomic E-state index is -4.93. The number of carbonyl (C=O) groups is 1.